The van der Waals surface area contributed by atoms with Gasteiger partial charge in [0.25, 0.3) is 0 Å². The highest BCUT2D eigenvalue weighted by molar-refractivity contribution is 7.99. The van der Waals surface area contributed by atoms with Crippen LogP contribution in [0.25, 0.3) is 0 Å². The summed E-state index contributed by atoms with van der Waals surface area (Å²) in [7, 11) is 0. The highest BCUT2D eigenvalue weighted by Crippen LogP contribution is 2.12. The molecule has 2 aromatic carbocycles. The summed E-state index contributed by atoms with van der Waals surface area (Å²) >= 11 is 2.85. The normalized spacial score (nSPS) is 11.4. The average molecular weight is 433 g/mol. The smallest absolute Gasteiger partial charge is 0.328 e. The van der Waals surface area contributed by atoms with Crippen LogP contribution in [0.2, 0.25) is 0 Å². The van der Waals surface area contributed by atoms with Gasteiger partial charge in [0.1, 0.15) is 6.04 Å². The maximum absolute atomic E-state index is 12.0. The van der Waals surface area contributed by atoms with Crippen LogP contribution in [0, 0.1) is 0 Å². The van der Waals surface area contributed by atoms with E-state index in [0.717, 1.165) is 11.1 Å². The van der Waals surface area contributed by atoms with Crippen molar-refractivity contribution in [2.75, 3.05) is 18.1 Å². The van der Waals surface area contributed by atoms with Gasteiger partial charge in [-0.3, -0.25) is 9.59 Å². The van der Waals surface area contributed by atoms with E-state index < -0.39 is 12.0 Å². The summed E-state index contributed by atoms with van der Waals surface area (Å²) in [5.41, 5.74) is 2.22. The molecule has 1 atom stereocenters. The topological polar surface area (TPSA) is 95.5 Å². The lowest BCUT2D eigenvalue weighted by molar-refractivity contribution is -0.141. The number of carbonyl (C=O) groups excluding carboxylic acids is 2. The summed E-state index contributed by atoms with van der Waals surface area (Å²) in [6.07, 6.45) is 0. The van der Waals surface area contributed by atoms with E-state index in [0.29, 0.717) is 11.5 Å². The predicted molar refractivity (Wildman–Crippen MR) is 118 cm³/mol. The summed E-state index contributed by atoms with van der Waals surface area (Å²) in [6.45, 7) is -0.144. The van der Waals surface area contributed by atoms with Crippen LogP contribution in [0.1, 0.15) is 11.1 Å². The van der Waals surface area contributed by atoms with Crippen molar-refractivity contribution in [3.63, 3.8) is 0 Å². The van der Waals surface area contributed by atoms with Crippen LogP contribution in [0.4, 0.5) is 0 Å². The van der Waals surface area contributed by atoms with Crippen molar-refractivity contribution >= 4 is 41.3 Å². The zero-order valence-corrected chi connectivity index (χ0v) is 17.5. The largest absolute Gasteiger partial charge is 0.480 e. The van der Waals surface area contributed by atoms with Crippen LogP contribution in [-0.2, 0) is 25.9 Å². The summed E-state index contributed by atoms with van der Waals surface area (Å²) in [4.78, 5) is 35.3. The second kappa shape index (κ2) is 12.9. The Kier molecular flexibility index (Phi) is 10.2. The number of thioether (sulfide) groups is 2. The number of nitrogens with one attached hydrogen (secondary N) is 2. The predicted octanol–water partition coefficient (Wildman–Crippen LogP) is 2.54. The molecule has 1 unspecified atom stereocenters. The van der Waals surface area contributed by atoms with Crippen molar-refractivity contribution in [1.82, 2.24) is 10.6 Å². The number of benzene rings is 2. The maximum atomic E-state index is 12.0. The van der Waals surface area contributed by atoms with Crippen molar-refractivity contribution in [1.29, 1.82) is 0 Å². The highest BCUT2D eigenvalue weighted by atomic mass is 32.2. The first kappa shape index (κ1) is 22.8. The number of rotatable bonds is 12. The third-order valence-corrected chi connectivity index (χ3v) is 5.83. The van der Waals surface area contributed by atoms with Crippen molar-refractivity contribution in [2.24, 2.45) is 0 Å². The van der Waals surface area contributed by atoms with Gasteiger partial charge in [0.15, 0.2) is 0 Å². The lowest BCUT2D eigenvalue weighted by Crippen LogP contribution is -2.49. The minimum absolute atomic E-state index is 0.144. The third kappa shape index (κ3) is 9.54. The minimum Gasteiger partial charge on any atom is -0.480 e. The van der Waals surface area contributed by atoms with Gasteiger partial charge in [0.2, 0.25) is 11.8 Å². The van der Waals surface area contributed by atoms with Crippen molar-refractivity contribution < 1.29 is 19.5 Å². The number of amides is 2. The van der Waals surface area contributed by atoms with Crippen LogP contribution < -0.4 is 10.6 Å². The van der Waals surface area contributed by atoms with Gasteiger partial charge in [-0.25, -0.2) is 4.79 Å². The van der Waals surface area contributed by atoms with Crippen LogP contribution >= 0.6 is 23.5 Å². The van der Waals surface area contributed by atoms with Crippen LogP contribution in [0.5, 0.6) is 0 Å². The van der Waals surface area contributed by atoms with E-state index in [9.17, 15) is 19.5 Å². The Morgan fingerprint density at radius 3 is 1.76 bits per heavy atom. The Morgan fingerprint density at radius 2 is 1.28 bits per heavy atom. The summed E-state index contributed by atoms with van der Waals surface area (Å²) in [5, 5.41) is 14.3. The van der Waals surface area contributed by atoms with Crippen molar-refractivity contribution in [3.05, 3.63) is 71.8 Å². The van der Waals surface area contributed by atoms with E-state index in [4.69, 9.17) is 0 Å². The maximum Gasteiger partial charge on any atom is 0.328 e. The fourth-order valence-corrected chi connectivity index (χ4v) is 3.99. The molecule has 8 heteroatoms. The molecule has 6 nitrogen and oxygen atoms in total. The molecule has 2 aromatic rings. The SMILES string of the molecule is O=C(CSCc1ccccc1)NCC(NC(=O)CSCc1ccccc1)C(=O)O. The lowest BCUT2D eigenvalue weighted by Gasteiger charge is -2.15. The average Bonchev–Trinajstić information content (AvgIpc) is 2.72. The van der Waals surface area contributed by atoms with Crippen LogP contribution in [0.15, 0.2) is 60.7 Å². The molecule has 0 aliphatic rings. The number of hydrogen-bond acceptors (Lipinski definition) is 5. The third-order valence-electron chi connectivity index (χ3n) is 3.83. The monoisotopic (exact) mass is 432 g/mol. The van der Waals surface area contributed by atoms with Gasteiger partial charge in [-0.1, -0.05) is 60.7 Å². The van der Waals surface area contributed by atoms with E-state index in [2.05, 4.69) is 10.6 Å². The molecule has 0 aliphatic heterocycles. The Hall–Kier alpha value is -2.45. The van der Waals surface area contributed by atoms with Gasteiger partial charge in [-0.05, 0) is 11.1 Å². The Labute approximate surface area is 178 Å². The Morgan fingerprint density at radius 1 is 0.793 bits per heavy atom. The van der Waals surface area contributed by atoms with Gasteiger partial charge >= 0.3 is 5.97 Å². The second-order valence-electron chi connectivity index (χ2n) is 6.22. The molecular formula is C21H24N2O4S2. The van der Waals surface area contributed by atoms with Crippen molar-refractivity contribution in [3.8, 4) is 0 Å². The number of carboxylic acid groups (broad SMARTS) is 1. The van der Waals surface area contributed by atoms with Gasteiger partial charge in [-0.15, -0.1) is 23.5 Å². The number of aliphatic carboxylic acids is 1. The first-order valence-electron chi connectivity index (χ1n) is 9.07. The first-order chi connectivity index (χ1) is 14.0. The van der Waals surface area contributed by atoms with E-state index >= 15 is 0 Å². The number of carbonyl (C=O) groups is 3. The fraction of sp³-hybridized carbons (Fsp3) is 0.286. The zero-order valence-electron chi connectivity index (χ0n) is 15.9. The Balaban J connectivity index is 1.65. The molecule has 0 radical (unpaired) electrons. The highest BCUT2D eigenvalue weighted by Gasteiger charge is 2.20. The summed E-state index contributed by atoms with van der Waals surface area (Å²) in [6, 6.07) is 18.3. The molecule has 154 valence electrons. The first-order valence-corrected chi connectivity index (χ1v) is 11.4. The van der Waals surface area contributed by atoms with E-state index in [1.807, 2.05) is 60.7 Å². The van der Waals surface area contributed by atoms with E-state index in [1.54, 1.807) is 0 Å². The van der Waals surface area contributed by atoms with Gasteiger partial charge < -0.3 is 15.7 Å². The zero-order chi connectivity index (χ0) is 20.9. The molecule has 3 N–H and O–H groups in total. The molecule has 0 spiro atoms. The molecule has 2 rings (SSSR count). The molecule has 0 fully saturated rings. The summed E-state index contributed by atoms with van der Waals surface area (Å²) in [5.74, 6) is -0.0609. The van der Waals surface area contributed by atoms with Gasteiger partial charge in [-0.2, -0.15) is 0 Å². The summed E-state index contributed by atoms with van der Waals surface area (Å²) < 4.78 is 0. The van der Waals surface area contributed by atoms with Crippen LogP contribution in [0.3, 0.4) is 0 Å². The van der Waals surface area contributed by atoms with E-state index in [-0.39, 0.29) is 29.9 Å². The van der Waals surface area contributed by atoms with Crippen molar-refractivity contribution in [2.45, 2.75) is 17.5 Å². The number of hydrogen-bond donors (Lipinski definition) is 3. The molecular weight excluding hydrogens is 408 g/mol. The lowest BCUT2D eigenvalue weighted by atomic mass is 10.2. The molecule has 29 heavy (non-hydrogen) atoms. The standard InChI is InChI=1S/C21H24N2O4S2/c24-19(14-28-12-16-7-3-1-4-8-16)22-11-18(21(26)27)23-20(25)15-29-13-17-9-5-2-6-10-17/h1-10,18H,11-15H2,(H,22,24)(H,23,25)(H,26,27). The Bertz CT molecular complexity index is 788. The van der Waals surface area contributed by atoms with E-state index in [1.165, 1.54) is 23.5 Å². The van der Waals surface area contributed by atoms with Gasteiger partial charge in [0.05, 0.1) is 11.5 Å². The molecule has 0 aromatic heterocycles. The van der Waals surface area contributed by atoms with Gasteiger partial charge in [0, 0.05) is 18.1 Å². The molecule has 2 amide bonds. The quantitative estimate of drug-likeness (QED) is 0.477. The molecule has 0 aliphatic carbocycles. The molecule has 0 bridgehead atoms. The van der Waals surface area contributed by atoms with Crippen LogP contribution in [-0.4, -0.2) is 47.0 Å². The fourth-order valence-electron chi connectivity index (χ4n) is 2.37. The second-order valence-corrected chi connectivity index (χ2v) is 8.19. The number of carboxylic acids is 1. The molecule has 0 saturated heterocycles. The molecule has 0 heterocycles. The minimum atomic E-state index is -1.18. The molecule has 0 saturated carbocycles.